The fourth-order valence-corrected chi connectivity index (χ4v) is 3.15. The van der Waals surface area contributed by atoms with E-state index < -0.39 is 22.6 Å². The summed E-state index contributed by atoms with van der Waals surface area (Å²) in [4.78, 5) is 25.6. The van der Waals surface area contributed by atoms with Crippen LogP contribution in [0, 0.1) is 0 Å². The van der Waals surface area contributed by atoms with Gasteiger partial charge in [-0.15, -0.1) is 0 Å². The van der Waals surface area contributed by atoms with Crippen LogP contribution in [-0.4, -0.2) is 51.4 Å². The summed E-state index contributed by atoms with van der Waals surface area (Å²) < 4.78 is 31.3. The summed E-state index contributed by atoms with van der Waals surface area (Å²) in [5, 5.41) is 0. The Kier molecular flexibility index (Phi) is 7.79. The molecule has 1 aromatic carbocycles. The quantitative estimate of drug-likeness (QED) is 0.527. The zero-order valence-corrected chi connectivity index (χ0v) is 15.6. The molecule has 0 fully saturated rings. The Morgan fingerprint density at radius 1 is 1.28 bits per heavy atom. The molecule has 1 N–H and O–H groups in total. The van der Waals surface area contributed by atoms with Crippen molar-refractivity contribution < 1.29 is 22.7 Å². The van der Waals surface area contributed by atoms with Crippen molar-refractivity contribution in [2.45, 2.75) is 25.7 Å². The summed E-state index contributed by atoms with van der Waals surface area (Å²) in [5.74, 6) is -1.09. The van der Waals surface area contributed by atoms with Crippen molar-refractivity contribution in [3.63, 3.8) is 0 Å². The first kappa shape index (κ1) is 20.9. The summed E-state index contributed by atoms with van der Waals surface area (Å²) in [6.45, 7) is 9.72. The summed E-state index contributed by atoms with van der Waals surface area (Å²) in [6, 6.07) is 5.48. The van der Waals surface area contributed by atoms with Crippen LogP contribution < -0.4 is 4.72 Å². The first-order valence-corrected chi connectivity index (χ1v) is 9.38. The SMILES string of the molecule is C=C(C)CN(CC)C(=O)COC(=O)c1cccc(S(=O)(=O)NCC)c1. The molecule has 0 unspecified atom stereocenters. The summed E-state index contributed by atoms with van der Waals surface area (Å²) >= 11 is 0. The summed E-state index contributed by atoms with van der Waals surface area (Å²) in [7, 11) is -3.67. The number of sulfonamides is 1. The lowest BCUT2D eigenvalue weighted by molar-refractivity contribution is -0.133. The van der Waals surface area contributed by atoms with E-state index in [2.05, 4.69) is 11.3 Å². The van der Waals surface area contributed by atoms with Crippen molar-refractivity contribution in [1.29, 1.82) is 0 Å². The van der Waals surface area contributed by atoms with Gasteiger partial charge in [0.1, 0.15) is 0 Å². The van der Waals surface area contributed by atoms with E-state index >= 15 is 0 Å². The lowest BCUT2D eigenvalue weighted by Crippen LogP contribution is -2.35. The largest absolute Gasteiger partial charge is 0.452 e. The van der Waals surface area contributed by atoms with Crippen LogP contribution in [0.3, 0.4) is 0 Å². The number of hydrogen-bond acceptors (Lipinski definition) is 5. The van der Waals surface area contributed by atoms with Crippen molar-refractivity contribution in [1.82, 2.24) is 9.62 Å². The zero-order valence-electron chi connectivity index (χ0n) is 14.7. The Bertz CT molecular complexity index is 743. The number of amides is 1. The van der Waals surface area contributed by atoms with Gasteiger partial charge in [0.15, 0.2) is 6.61 Å². The first-order valence-electron chi connectivity index (χ1n) is 7.90. The molecule has 7 nitrogen and oxygen atoms in total. The van der Waals surface area contributed by atoms with E-state index in [-0.39, 0.29) is 22.9 Å². The van der Waals surface area contributed by atoms with Crippen molar-refractivity contribution >= 4 is 21.9 Å². The molecule has 8 heteroatoms. The minimum absolute atomic E-state index is 0.0346. The van der Waals surface area contributed by atoms with Crippen molar-refractivity contribution in [2.24, 2.45) is 0 Å². The smallest absolute Gasteiger partial charge is 0.338 e. The molecule has 0 bridgehead atoms. The average Bonchev–Trinajstić information content (AvgIpc) is 2.57. The van der Waals surface area contributed by atoms with E-state index in [1.54, 1.807) is 13.8 Å². The first-order chi connectivity index (χ1) is 11.7. The number of rotatable bonds is 9. The number of ether oxygens (including phenoxy) is 1. The minimum Gasteiger partial charge on any atom is -0.452 e. The lowest BCUT2D eigenvalue weighted by atomic mass is 10.2. The van der Waals surface area contributed by atoms with E-state index in [0.29, 0.717) is 13.1 Å². The van der Waals surface area contributed by atoms with Crippen molar-refractivity contribution in [3.8, 4) is 0 Å². The molecule has 1 rings (SSSR count). The van der Waals surface area contributed by atoms with E-state index in [0.717, 1.165) is 5.57 Å². The monoisotopic (exact) mass is 368 g/mol. The van der Waals surface area contributed by atoms with Crippen LogP contribution in [0.5, 0.6) is 0 Å². The number of nitrogens with one attached hydrogen (secondary N) is 1. The molecular formula is C17H24N2O5S. The molecule has 0 radical (unpaired) electrons. The van der Waals surface area contributed by atoms with Gasteiger partial charge in [-0.2, -0.15) is 0 Å². The standard InChI is InChI=1S/C17H24N2O5S/c1-5-18-25(22,23)15-9-7-8-14(10-15)17(21)24-12-16(20)19(6-2)11-13(3)4/h7-10,18H,3,5-6,11-12H2,1-2,4H3. The number of carbonyl (C=O) groups is 2. The van der Waals surface area contributed by atoms with Crippen LogP contribution in [0.25, 0.3) is 0 Å². The zero-order chi connectivity index (χ0) is 19.0. The molecule has 0 aromatic heterocycles. The van der Waals surface area contributed by atoms with Gasteiger partial charge in [0.05, 0.1) is 10.5 Å². The molecule has 1 amide bonds. The molecule has 0 saturated heterocycles. The Labute approximate surface area is 148 Å². The van der Waals surface area contributed by atoms with Crippen LogP contribution in [0.4, 0.5) is 0 Å². The van der Waals surface area contributed by atoms with Crippen LogP contribution >= 0.6 is 0 Å². The molecule has 1 aromatic rings. The van der Waals surface area contributed by atoms with Gasteiger partial charge in [-0.25, -0.2) is 17.9 Å². The number of nitrogens with zero attached hydrogens (tertiary/aromatic N) is 1. The molecule has 138 valence electrons. The number of hydrogen-bond donors (Lipinski definition) is 1. The number of benzene rings is 1. The third-order valence-corrected chi connectivity index (χ3v) is 4.78. The highest BCUT2D eigenvalue weighted by Crippen LogP contribution is 2.12. The van der Waals surface area contributed by atoms with Gasteiger partial charge in [0, 0.05) is 19.6 Å². The normalized spacial score (nSPS) is 11.0. The Morgan fingerprint density at radius 3 is 2.52 bits per heavy atom. The Hall–Kier alpha value is -2.19. The highest BCUT2D eigenvalue weighted by atomic mass is 32.2. The highest BCUT2D eigenvalue weighted by Gasteiger charge is 2.18. The van der Waals surface area contributed by atoms with Gasteiger partial charge in [0.25, 0.3) is 5.91 Å². The predicted octanol–water partition coefficient (Wildman–Crippen LogP) is 1.57. The van der Waals surface area contributed by atoms with Crippen molar-refractivity contribution in [2.75, 3.05) is 26.2 Å². The second-order valence-corrected chi connectivity index (χ2v) is 7.24. The Balaban J connectivity index is 2.78. The third kappa shape index (κ3) is 6.32. The number of esters is 1. The maximum Gasteiger partial charge on any atom is 0.338 e. The van der Waals surface area contributed by atoms with Crippen molar-refractivity contribution in [3.05, 3.63) is 42.0 Å². The molecule has 0 aliphatic carbocycles. The summed E-state index contributed by atoms with van der Waals surface area (Å²) in [6.07, 6.45) is 0. The average molecular weight is 368 g/mol. The number of likely N-dealkylation sites (N-methyl/N-ethyl adjacent to an activating group) is 1. The second-order valence-electron chi connectivity index (χ2n) is 5.47. The van der Waals surface area contributed by atoms with Gasteiger partial charge in [-0.3, -0.25) is 4.79 Å². The van der Waals surface area contributed by atoms with E-state index in [1.807, 2.05) is 6.92 Å². The van der Waals surface area contributed by atoms with Crippen LogP contribution in [0.1, 0.15) is 31.1 Å². The summed E-state index contributed by atoms with van der Waals surface area (Å²) in [5.41, 5.74) is 0.887. The van der Waals surface area contributed by atoms with Gasteiger partial charge < -0.3 is 9.64 Å². The minimum atomic E-state index is -3.67. The van der Waals surface area contributed by atoms with E-state index in [9.17, 15) is 18.0 Å². The second kappa shape index (κ2) is 9.33. The molecule has 0 saturated carbocycles. The van der Waals surface area contributed by atoms with Gasteiger partial charge in [-0.1, -0.05) is 25.1 Å². The Morgan fingerprint density at radius 2 is 1.96 bits per heavy atom. The molecule has 0 atom stereocenters. The lowest BCUT2D eigenvalue weighted by Gasteiger charge is -2.20. The van der Waals surface area contributed by atoms with Gasteiger partial charge >= 0.3 is 5.97 Å². The topological polar surface area (TPSA) is 92.8 Å². The molecular weight excluding hydrogens is 344 g/mol. The van der Waals surface area contributed by atoms with Crippen LogP contribution in [0.2, 0.25) is 0 Å². The number of carbonyl (C=O) groups excluding carboxylic acids is 2. The maximum absolute atomic E-state index is 12.1. The van der Waals surface area contributed by atoms with Crippen LogP contribution in [-0.2, 0) is 19.6 Å². The molecule has 25 heavy (non-hydrogen) atoms. The predicted molar refractivity (Wildman–Crippen MR) is 94.7 cm³/mol. The van der Waals surface area contributed by atoms with Gasteiger partial charge in [-0.05, 0) is 32.0 Å². The molecule has 0 heterocycles. The molecule has 0 aliphatic rings. The fraction of sp³-hybridized carbons (Fsp3) is 0.412. The van der Waals surface area contributed by atoms with E-state index in [1.165, 1.54) is 29.2 Å². The highest BCUT2D eigenvalue weighted by molar-refractivity contribution is 7.89. The van der Waals surface area contributed by atoms with Crippen LogP contribution in [0.15, 0.2) is 41.3 Å². The van der Waals surface area contributed by atoms with E-state index in [4.69, 9.17) is 4.74 Å². The van der Waals surface area contributed by atoms with Gasteiger partial charge in [0.2, 0.25) is 10.0 Å². The third-order valence-electron chi connectivity index (χ3n) is 3.24. The molecule has 0 aliphatic heterocycles. The maximum atomic E-state index is 12.1. The fourth-order valence-electron chi connectivity index (χ4n) is 2.07. The molecule has 0 spiro atoms.